The zero-order chi connectivity index (χ0) is 8.53. The van der Waals surface area contributed by atoms with Gasteiger partial charge in [-0.05, 0) is 19.8 Å². The molecular formula is C8H17NO2. The third-order valence-corrected chi connectivity index (χ3v) is 1.38. The zero-order valence-electron chi connectivity index (χ0n) is 7.35. The van der Waals surface area contributed by atoms with E-state index in [-0.39, 0.29) is 5.91 Å². The number of hydrogen-bond donors (Lipinski definition) is 1. The van der Waals surface area contributed by atoms with Crippen molar-refractivity contribution >= 4 is 5.91 Å². The molecule has 3 heteroatoms. The topological polar surface area (TPSA) is 38.3 Å². The van der Waals surface area contributed by atoms with Crippen molar-refractivity contribution in [2.75, 3.05) is 20.3 Å². The van der Waals surface area contributed by atoms with Crippen molar-refractivity contribution in [3.63, 3.8) is 0 Å². The standard InChI is InChI=1S/C8H17NO2/c1-3-9-8(10)6-4-5-7-11-2/h3-7H2,1-2H3,(H,9,10). The van der Waals surface area contributed by atoms with Gasteiger partial charge in [0.15, 0.2) is 0 Å². The average molecular weight is 159 g/mol. The number of nitrogens with one attached hydrogen (secondary N) is 1. The minimum atomic E-state index is 0.142. The van der Waals surface area contributed by atoms with Crippen LogP contribution in [0.1, 0.15) is 26.2 Å². The van der Waals surface area contributed by atoms with Gasteiger partial charge >= 0.3 is 0 Å². The van der Waals surface area contributed by atoms with E-state index in [2.05, 4.69) is 5.32 Å². The lowest BCUT2D eigenvalue weighted by atomic mass is 10.2. The van der Waals surface area contributed by atoms with Crippen LogP contribution >= 0.6 is 0 Å². The second-order valence-electron chi connectivity index (χ2n) is 2.40. The number of rotatable bonds is 6. The third kappa shape index (κ3) is 7.33. The van der Waals surface area contributed by atoms with Crippen LogP contribution in [-0.4, -0.2) is 26.2 Å². The molecule has 3 nitrogen and oxygen atoms in total. The Kier molecular flexibility index (Phi) is 7.15. The number of carbonyl (C=O) groups excluding carboxylic acids is 1. The van der Waals surface area contributed by atoms with Gasteiger partial charge in [0.05, 0.1) is 0 Å². The van der Waals surface area contributed by atoms with Crippen molar-refractivity contribution in [1.29, 1.82) is 0 Å². The van der Waals surface area contributed by atoms with Gasteiger partial charge in [0.25, 0.3) is 0 Å². The number of ether oxygens (including phenoxy) is 1. The van der Waals surface area contributed by atoms with Gasteiger partial charge in [0.2, 0.25) is 5.91 Å². The van der Waals surface area contributed by atoms with Crippen LogP contribution < -0.4 is 5.32 Å². The molecule has 0 aromatic carbocycles. The Morgan fingerprint density at radius 2 is 2.18 bits per heavy atom. The van der Waals surface area contributed by atoms with E-state index in [9.17, 15) is 4.79 Å². The van der Waals surface area contributed by atoms with Gasteiger partial charge < -0.3 is 10.1 Å². The smallest absolute Gasteiger partial charge is 0.219 e. The van der Waals surface area contributed by atoms with Crippen molar-refractivity contribution in [3.05, 3.63) is 0 Å². The molecule has 0 saturated carbocycles. The van der Waals surface area contributed by atoms with Crippen LogP contribution in [0.5, 0.6) is 0 Å². The molecule has 66 valence electrons. The summed E-state index contributed by atoms with van der Waals surface area (Å²) in [7, 11) is 1.67. The second kappa shape index (κ2) is 7.54. The summed E-state index contributed by atoms with van der Waals surface area (Å²) in [5.41, 5.74) is 0. The van der Waals surface area contributed by atoms with E-state index in [0.29, 0.717) is 6.42 Å². The quantitative estimate of drug-likeness (QED) is 0.586. The molecule has 0 saturated heterocycles. The highest BCUT2D eigenvalue weighted by Crippen LogP contribution is 1.94. The maximum absolute atomic E-state index is 10.9. The van der Waals surface area contributed by atoms with Crippen LogP contribution in [-0.2, 0) is 9.53 Å². The van der Waals surface area contributed by atoms with Crippen LogP contribution in [0.3, 0.4) is 0 Å². The molecule has 0 aliphatic rings. The summed E-state index contributed by atoms with van der Waals surface area (Å²) in [4.78, 5) is 10.9. The molecule has 0 fully saturated rings. The fourth-order valence-electron chi connectivity index (χ4n) is 0.818. The van der Waals surface area contributed by atoms with Gasteiger partial charge in [-0.2, -0.15) is 0 Å². The summed E-state index contributed by atoms with van der Waals surface area (Å²) < 4.78 is 4.85. The molecule has 0 spiro atoms. The summed E-state index contributed by atoms with van der Waals surface area (Å²) in [6, 6.07) is 0. The van der Waals surface area contributed by atoms with E-state index < -0.39 is 0 Å². The summed E-state index contributed by atoms with van der Waals surface area (Å²) in [5.74, 6) is 0.142. The molecule has 0 aliphatic carbocycles. The lowest BCUT2D eigenvalue weighted by molar-refractivity contribution is -0.121. The Morgan fingerprint density at radius 1 is 1.45 bits per heavy atom. The minimum absolute atomic E-state index is 0.142. The molecule has 0 heterocycles. The monoisotopic (exact) mass is 159 g/mol. The zero-order valence-corrected chi connectivity index (χ0v) is 7.35. The first-order valence-corrected chi connectivity index (χ1v) is 4.07. The summed E-state index contributed by atoms with van der Waals surface area (Å²) in [6.45, 7) is 3.40. The molecule has 0 unspecified atom stereocenters. The highest BCUT2D eigenvalue weighted by atomic mass is 16.5. The van der Waals surface area contributed by atoms with Crippen LogP contribution in [0.15, 0.2) is 0 Å². The minimum Gasteiger partial charge on any atom is -0.385 e. The Labute approximate surface area is 68.1 Å². The highest BCUT2D eigenvalue weighted by molar-refractivity contribution is 5.75. The first-order chi connectivity index (χ1) is 5.31. The Morgan fingerprint density at radius 3 is 2.73 bits per heavy atom. The molecule has 0 aliphatic heterocycles. The molecule has 0 atom stereocenters. The molecule has 0 aromatic rings. The fraction of sp³-hybridized carbons (Fsp3) is 0.875. The van der Waals surface area contributed by atoms with Crippen molar-refractivity contribution in [2.45, 2.75) is 26.2 Å². The lowest BCUT2D eigenvalue weighted by Gasteiger charge is -2.00. The summed E-state index contributed by atoms with van der Waals surface area (Å²) in [5, 5.41) is 2.74. The summed E-state index contributed by atoms with van der Waals surface area (Å²) in [6.07, 6.45) is 2.50. The predicted octanol–water partition coefficient (Wildman–Crippen LogP) is 0.939. The Balaban J connectivity index is 3.04. The van der Waals surface area contributed by atoms with Gasteiger partial charge in [-0.25, -0.2) is 0 Å². The lowest BCUT2D eigenvalue weighted by Crippen LogP contribution is -2.22. The van der Waals surface area contributed by atoms with Crippen LogP contribution in [0.2, 0.25) is 0 Å². The number of unbranched alkanes of at least 4 members (excludes halogenated alkanes) is 1. The van der Waals surface area contributed by atoms with E-state index in [1.807, 2.05) is 6.92 Å². The number of methoxy groups -OCH3 is 1. The molecule has 11 heavy (non-hydrogen) atoms. The van der Waals surface area contributed by atoms with E-state index in [1.54, 1.807) is 7.11 Å². The van der Waals surface area contributed by atoms with Crippen LogP contribution in [0.4, 0.5) is 0 Å². The Hall–Kier alpha value is -0.570. The SMILES string of the molecule is CCNC(=O)CCCCOC. The van der Waals surface area contributed by atoms with Gasteiger partial charge in [-0.3, -0.25) is 4.79 Å². The van der Waals surface area contributed by atoms with Crippen LogP contribution in [0, 0.1) is 0 Å². The van der Waals surface area contributed by atoms with E-state index in [4.69, 9.17) is 4.74 Å². The predicted molar refractivity (Wildman–Crippen MR) is 44.4 cm³/mol. The second-order valence-corrected chi connectivity index (χ2v) is 2.40. The molecule has 1 amide bonds. The summed E-state index contributed by atoms with van der Waals surface area (Å²) >= 11 is 0. The molecule has 1 N–H and O–H groups in total. The maximum Gasteiger partial charge on any atom is 0.219 e. The number of amides is 1. The van der Waals surface area contributed by atoms with E-state index in [0.717, 1.165) is 26.0 Å². The van der Waals surface area contributed by atoms with Crippen LogP contribution in [0.25, 0.3) is 0 Å². The third-order valence-electron chi connectivity index (χ3n) is 1.38. The van der Waals surface area contributed by atoms with Gasteiger partial charge in [0.1, 0.15) is 0 Å². The van der Waals surface area contributed by atoms with Crippen molar-refractivity contribution < 1.29 is 9.53 Å². The molecule has 0 bridgehead atoms. The number of carbonyl (C=O) groups is 1. The largest absolute Gasteiger partial charge is 0.385 e. The number of hydrogen-bond acceptors (Lipinski definition) is 2. The normalized spacial score (nSPS) is 9.64. The van der Waals surface area contributed by atoms with E-state index >= 15 is 0 Å². The Bertz CT molecular complexity index is 104. The van der Waals surface area contributed by atoms with Gasteiger partial charge in [-0.1, -0.05) is 0 Å². The highest BCUT2D eigenvalue weighted by Gasteiger charge is 1.97. The van der Waals surface area contributed by atoms with E-state index in [1.165, 1.54) is 0 Å². The van der Waals surface area contributed by atoms with Crippen molar-refractivity contribution in [3.8, 4) is 0 Å². The first kappa shape index (κ1) is 10.4. The van der Waals surface area contributed by atoms with Crippen molar-refractivity contribution in [1.82, 2.24) is 5.32 Å². The molecular weight excluding hydrogens is 142 g/mol. The molecule has 0 aromatic heterocycles. The van der Waals surface area contributed by atoms with Crippen molar-refractivity contribution in [2.24, 2.45) is 0 Å². The maximum atomic E-state index is 10.9. The van der Waals surface area contributed by atoms with Gasteiger partial charge in [0, 0.05) is 26.7 Å². The first-order valence-electron chi connectivity index (χ1n) is 4.07. The average Bonchev–Trinajstić information content (AvgIpc) is 1.99. The molecule has 0 rings (SSSR count). The fourth-order valence-corrected chi connectivity index (χ4v) is 0.818. The molecule has 0 radical (unpaired) electrons. The van der Waals surface area contributed by atoms with Gasteiger partial charge in [-0.15, -0.1) is 0 Å².